The maximum absolute atomic E-state index is 12.7. The minimum absolute atomic E-state index is 0.211. The molecule has 0 fully saturated rings. The van der Waals surface area contributed by atoms with Crippen molar-refractivity contribution in [3.8, 4) is 0 Å². The molecule has 0 aliphatic heterocycles. The Bertz CT molecular complexity index is 454. The van der Waals surface area contributed by atoms with Gasteiger partial charge in [-0.3, -0.25) is 4.68 Å². The molecule has 1 aromatic heterocycles. The molecule has 0 spiro atoms. The first kappa shape index (κ1) is 10.7. The predicted octanol–water partition coefficient (Wildman–Crippen LogP) is 2.48. The van der Waals surface area contributed by atoms with E-state index < -0.39 is 0 Å². The number of anilines is 1. The van der Waals surface area contributed by atoms with E-state index in [1.165, 1.54) is 12.1 Å². The first-order valence-electron chi connectivity index (χ1n) is 5.14. The Kier molecular flexibility index (Phi) is 2.90. The Hall–Kier alpha value is -1.84. The van der Waals surface area contributed by atoms with Gasteiger partial charge in [-0.05, 0) is 24.6 Å². The van der Waals surface area contributed by atoms with E-state index in [-0.39, 0.29) is 5.82 Å². The number of hydrogen-bond donors (Lipinski definition) is 1. The van der Waals surface area contributed by atoms with Crippen molar-refractivity contribution < 1.29 is 4.39 Å². The highest BCUT2D eigenvalue weighted by Gasteiger charge is 2.00. The number of aromatic nitrogens is 2. The minimum atomic E-state index is -0.211. The summed E-state index contributed by atoms with van der Waals surface area (Å²) >= 11 is 0. The Morgan fingerprint density at radius 3 is 2.56 bits per heavy atom. The number of nitrogens with zero attached hydrogens (tertiary/aromatic N) is 2. The lowest BCUT2D eigenvalue weighted by Gasteiger charge is -2.02. The Morgan fingerprint density at radius 1 is 1.31 bits per heavy atom. The molecule has 0 bridgehead atoms. The summed E-state index contributed by atoms with van der Waals surface area (Å²) in [5.74, 6) is 0.627. The summed E-state index contributed by atoms with van der Waals surface area (Å²) in [7, 11) is 1.90. The van der Waals surface area contributed by atoms with Crippen LogP contribution >= 0.6 is 0 Å². The second-order valence-electron chi connectivity index (χ2n) is 3.77. The summed E-state index contributed by atoms with van der Waals surface area (Å²) in [6.45, 7) is 2.65. The van der Waals surface area contributed by atoms with Crippen LogP contribution in [0.25, 0.3) is 0 Å². The fraction of sp³-hybridized carbons (Fsp3) is 0.250. The van der Waals surface area contributed by atoms with E-state index in [2.05, 4.69) is 10.4 Å². The summed E-state index contributed by atoms with van der Waals surface area (Å²) in [5.41, 5.74) is 2.13. The van der Waals surface area contributed by atoms with Crippen LogP contribution in [0.3, 0.4) is 0 Å². The molecular formula is C12H14FN3. The lowest BCUT2D eigenvalue weighted by Crippen LogP contribution is -2.00. The normalized spacial score (nSPS) is 10.4. The van der Waals surface area contributed by atoms with Crippen molar-refractivity contribution in [3.63, 3.8) is 0 Å². The van der Waals surface area contributed by atoms with Crippen LogP contribution in [0.15, 0.2) is 30.3 Å². The quantitative estimate of drug-likeness (QED) is 0.859. The van der Waals surface area contributed by atoms with Crippen LogP contribution in [-0.2, 0) is 13.6 Å². The molecule has 1 heterocycles. The maximum Gasteiger partial charge on any atom is 0.148 e. The fourth-order valence-corrected chi connectivity index (χ4v) is 1.44. The Morgan fingerprint density at radius 2 is 2.00 bits per heavy atom. The smallest absolute Gasteiger partial charge is 0.148 e. The van der Waals surface area contributed by atoms with Gasteiger partial charge < -0.3 is 5.32 Å². The first-order valence-corrected chi connectivity index (χ1v) is 5.14. The van der Waals surface area contributed by atoms with Gasteiger partial charge in [-0.1, -0.05) is 12.1 Å². The number of benzene rings is 1. The van der Waals surface area contributed by atoms with E-state index in [0.717, 1.165) is 17.1 Å². The van der Waals surface area contributed by atoms with Crippen LogP contribution in [0.4, 0.5) is 10.2 Å². The largest absolute Gasteiger partial charge is 0.365 e. The minimum Gasteiger partial charge on any atom is -0.365 e. The van der Waals surface area contributed by atoms with Crippen LogP contribution in [-0.4, -0.2) is 9.78 Å². The lowest BCUT2D eigenvalue weighted by atomic mass is 10.2. The van der Waals surface area contributed by atoms with Gasteiger partial charge in [0.25, 0.3) is 0 Å². The van der Waals surface area contributed by atoms with Crippen molar-refractivity contribution in [1.29, 1.82) is 0 Å². The first-order chi connectivity index (χ1) is 7.65. The van der Waals surface area contributed by atoms with Gasteiger partial charge in [0.1, 0.15) is 11.6 Å². The highest BCUT2D eigenvalue weighted by atomic mass is 19.1. The monoisotopic (exact) mass is 219 g/mol. The number of halogens is 1. The second kappa shape index (κ2) is 4.35. The average molecular weight is 219 g/mol. The fourth-order valence-electron chi connectivity index (χ4n) is 1.44. The molecule has 0 atom stereocenters. The van der Waals surface area contributed by atoms with Crippen molar-refractivity contribution in [2.45, 2.75) is 13.5 Å². The summed E-state index contributed by atoms with van der Waals surface area (Å²) < 4.78 is 14.5. The second-order valence-corrected chi connectivity index (χ2v) is 3.77. The molecule has 0 aliphatic carbocycles. The summed E-state index contributed by atoms with van der Waals surface area (Å²) in [6.07, 6.45) is 0. The van der Waals surface area contributed by atoms with Gasteiger partial charge in [-0.2, -0.15) is 5.10 Å². The van der Waals surface area contributed by atoms with Crippen LogP contribution in [0.1, 0.15) is 11.3 Å². The van der Waals surface area contributed by atoms with Crippen molar-refractivity contribution in [2.75, 3.05) is 5.32 Å². The number of nitrogens with one attached hydrogen (secondary N) is 1. The summed E-state index contributed by atoms with van der Waals surface area (Å²) in [6, 6.07) is 8.42. The van der Waals surface area contributed by atoms with Gasteiger partial charge in [-0.15, -0.1) is 0 Å². The molecule has 0 radical (unpaired) electrons. The molecule has 0 aliphatic rings. The zero-order chi connectivity index (χ0) is 11.5. The van der Waals surface area contributed by atoms with Crippen LogP contribution in [0.5, 0.6) is 0 Å². The van der Waals surface area contributed by atoms with Gasteiger partial charge in [0.05, 0.1) is 0 Å². The van der Waals surface area contributed by atoms with E-state index in [4.69, 9.17) is 0 Å². The molecule has 4 heteroatoms. The van der Waals surface area contributed by atoms with Crippen molar-refractivity contribution in [1.82, 2.24) is 9.78 Å². The standard InChI is InChI=1S/C12H14FN3/c1-9-7-12(15-16(9)2)14-8-10-3-5-11(13)6-4-10/h3-7H,8H2,1-2H3,(H,14,15). The van der Waals surface area contributed by atoms with E-state index in [1.54, 1.807) is 12.1 Å². The highest BCUT2D eigenvalue weighted by Crippen LogP contribution is 2.09. The number of hydrogen-bond acceptors (Lipinski definition) is 2. The molecule has 0 saturated carbocycles. The Labute approximate surface area is 93.9 Å². The van der Waals surface area contributed by atoms with Gasteiger partial charge in [0.15, 0.2) is 0 Å². The van der Waals surface area contributed by atoms with Crippen LogP contribution in [0.2, 0.25) is 0 Å². The molecule has 0 saturated heterocycles. The van der Waals surface area contributed by atoms with E-state index in [0.29, 0.717) is 6.54 Å². The molecule has 0 unspecified atom stereocenters. The van der Waals surface area contributed by atoms with Gasteiger partial charge in [-0.25, -0.2) is 4.39 Å². The molecule has 0 amide bonds. The molecule has 3 nitrogen and oxygen atoms in total. The molecular weight excluding hydrogens is 205 g/mol. The lowest BCUT2D eigenvalue weighted by molar-refractivity contribution is 0.627. The SMILES string of the molecule is Cc1cc(NCc2ccc(F)cc2)nn1C. The number of aryl methyl sites for hydroxylation is 2. The van der Waals surface area contributed by atoms with Crippen LogP contribution in [0, 0.1) is 12.7 Å². The zero-order valence-electron chi connectivity index (χ0n) is 9.37. The van der Waals surface area contributed by atoms with E-state index in [9.17, 15) is 4.39 Å². The molecule has 84 valence electrons. The average Bonchev–Trinajstić information content (AvgIpc) is 2.58. The third kappa shape index (κ3) is 2.39. The Balaban J connectivity index is 1.99. The number of rotatable bonds is 3. The predicted molar refractivity (Wildman–Crippen MR) is 61.7 cm³/mol. The van der Waals surface area contributed by atoms with Crippen molar-refractivity contribution in [3.05, 3.63) is 47.4 Å². The topological polar surface area (TPSA) is 29.9 Å². The molecule has 1 N–H and O–H groups in total. The summed E-state index contributed by atoms with van der Waals surface area (Å²) in [5, 5.41) is 7.46. The third-order valence-electron chi connectivity index (χ3n) is 2.50. The molecule has 2 aromatic rings. The van der Waals surface area contributed by atoms with Gasteiger partial charge in [0, 0.05) is 25.4 Å². The molecule has 2 rings (SSSR count). The van der Waals surface area contributed by atoms with E-state index in [1.807, 2.05) is 24.7 Å². The summed E-state index contributed by atoms with van der Waals surface area (Å²) in [4.78, 5) is 0. The van der Waals surface area contributed by atoms with Crippen LogP contribution < -0.4 is 5.32 Å². The van der Waals surface area contributed by atoms with Crippen molar-refractivity contribution in [2.24, 2.45) is 7.05 Å². The maximum atomic E-state index is 12.7. The van der Waals surface area contributed by atoms with Gasteiger partial charge in [0.2, 0.25) is 0 Å². The van der Waals surface area contributed by atoms with Gasteiger partial charge >= 0.3 is 0 Å². The third-order valence-corrected chi connectivity index (χ3v) is 2.50. The van der Waals surface area contributed by atoms with Crippen molar-refractivity contribution >= 4 is 5.82 Å². The van der Waals surface area contributed by atoms with E-state index >= 15 is 0 Å². The zero-order valence-corrected chi connectivity index (χ0v) is 9.37. The molecule has 16 heavy (non-hydrogen) atoms. The highest BCUT2D eigenvalue weighted by molar-refractivity contribution is 5.36. The molecule has 1 aromatic carbocycles.